The largest absolute Gasteiger partial charge is 0.462 e. The number of hydrogen-bond acceptors (Lipinski definition) is 8. The fourth-order valence-electron chi connectivity index (χ4n) is 4.34. The van der Waals surface area contributed by atoms with Gasteiger partial charge in [-0.15, -0.1) is 0 Å². The Morgan fingerprint density at radius 1 is 1.02 bits per heavy atom. The summed E-state index contributed by atoms with van der Waals surface area (Å²) in [5.41, 5.74) is -0.250. The highest BCUT2D eigenvalue weighted by molar-refractivity contribution is 6.06. The third-order valence-electron chi connectivity index (χ3n) is 6.74. The summed E-state index contributed by atoms with van der Waals surface area (Å²) in [6, 6.07) is 5.57. The first-order chi connectivity index (χ1) is 20.8. The van der Waals surface area contributed by atoms with Crippen LogP contribution in [0.15, 0.2) is 30.3 Å². The number of amides is 3. The van der Waals surface area contributed by atoms with E-state index in [9.17, 15) is 41.4 Å². The number of rotatable bonds is 12. The predicted octanol–water partition coefficient (Wildman–Crippen LogP) is 2.62. The molecule has 1 aliphatic heterocycles. The van der Waals surface area contributed by atoms with Crippen molar-refractivity contribution in [3.05, 3.63) is 58.7 Å². The molecule has 242 valence electrons. The van der Waals surface area contributed by atoms with Gasteiger partial charge >= 0.3 is 18.2 Å². The Bertz CT molecular complexity index is 1320. The van der Waals surface area contributed by atoms with E-state index in [-0.39, 0.29) is 62.7 Å². The molecule has 0 unspecified atom stereocenters. The summed E-state index contributed by atoms with van der Waals surface area (Å²) in [4.78, 5) is 40.6. The second-order valence-electron chi connectivity index (χ2n) is 9.90. The highest BCUT2D eigenvalue weighted by atomic mass is 19.4. The van der Waals surface area contributed by atoms with Gasteiger partial charge in [0.15, 0.2) is 11.6 Å². The van der Waals surface area contributed by atoms with Crippen LogP contribution in [0.3, 0.4) is 0 Å². The number of benzene rings is 2. The lowest BCUT2D eigenvalue weighted by molar-refractivity contribution is -0.138. The monoisotopic (exact) mass is 631 g/mol. The number of aliphatic hydroxyl groups is 2. The molecular formula is C28H34F5N5O6. The second-order valence-corrected chi connectivity index (χ2v) is 9.90. The highest BCUT2D eigenvalue weighted by Crippen LogP contribution is 2.30. The van der Waals surface area contributed by atoms with Crippen molar-refractivity contribution in [2.45, 2.75) is 32.2 Å². The third-order valence-corrected chi connectivity index (χ3v) is 6.74. The summed E-state index contributed by atoms with van der Waals surface area (Å²) in [6.45, 7) is 1.37. The molecule has 2 aromatic rings. The lowest BCUT2D eigenvalue weighted by Gasteiger charge is -2.37. The average molecular weight is 632 g/mol. The number of alkyl halides is 3. The van der Waals surface area contributed by atoms with Crippen LogP contribution >= 0.6 is 0 Å². The predicted molar refractivity (Wildman–Crippen MR) is 149 cm³/mol. The van der Waals surface area contributed by atoms with E-state index in [4.69, 9.17) is 9.84 Å². The third kappa shape index (κ3) is 9.75. The van der Waals surface area contributed by atoms with Crippen LogP contribution in [0.1, 0.15) is 39.6 Å². The summed E-state index contributed by atoms with van der Waals surface area (Å²) in [6.07, 6.45) is -6.43. The second kappa shape index (κ2) is 15.6. The Hall–Kier alpha value is -4.02. The lowest BCUT2D eigenvalue weighted by atomic mass is 10.1. The molecule has 1 aliphatic rings. The van der Waals surface area contributed by atoms with Gasteiger partial charge in [-0.1, -0.05) is 6.07 Å². The minimum absolute atomic E-state index is 0.110. The molecule has 0 aromatic heterocycles. The zero-order chi connectivity index (χ0) is 32.4. The van der Waals surface area contributed by atoms with Gasteiger partial charge < -0.3 is 35.8 Å². The summed E-state index contributed by atoms with van der Waals surface area (Å²) >= 11 is 0. The minimum atomic E-state index is -4.29. The van der Waals surface area contributed by atoms with E-state index < -0.39 is 67.0 Å². The van der Waals surface area contributed by atoms with Crippen LogP contribution in [-0.2, 0) is 11.3 Å². The van der Waals surface area contributed by atoms with Crippen molar-refractivity contribution in [3.63, 3.8) is 0 Å². The Labute approximate surface area is 250 Å². The van der Waals surface area contributed by atoms with Gasteiger partial charge in [0.05, 0.1) is 48.2 Å². The molecule has 0 radical (unpaired) electrons. The molecule has 0 aliphatic carbocycles. The zero-order valence-corrected chi connectivity index (χ0v) is 23.8. The fraction of sp³-hybridized carbons (Fsp3) is 0.464. The van der Waals surface area contributed by atoms with E-state index in [2.05, 4.69) is 16.0 Å². The number of esters is 1. The van der Waals surface area contributed by atoms with Crippen molar-refractivity contribution in [2.75, 3.05) is 62.7 Å². The van der Waals surface area contributed by atoms with E-state index in [1.54, 1.807) is 16.7 Å². The summed E-state index contributed by atoms with van der Waals surface area (Å²) in [5, 5.41) is 25.1. The van der Waals surface area contributed by atoms with Crippen molar-refractivity contribution in [2.24, 2.45) is 0 Å². The Morgan fingerprint density at radius 2 is 1.73 bits per heavy atom. The first-order valence-corrected chi connectivity index (χ1v) is 13.8. The molecule has 1 atom stereocenters. The number of piperazine rings is 1. The molecule has 11 nitrogen and oxygen atoms in total. The number of nitrogens with one attached hydrogen (secondary N) is 3. The maximum atomic E-state index is 15.0. The van der Waals surface area contributed by atoms with Gasteiger partial charge in [0.2, 0.25) is 0 Å². The van der Waals surface area contributed by atoms with Crippen molar-refractivity contribution in [1.82, 2.24) is 15.5 Å². The topological polar surface area (TPSA) is 143 Å². The van der Waals surface area contributed by atoms with Gasteiger partial charge in [0.1, 0.15) is 0 Å². The molecule has 16 heteroatoms. The Balaban J connectivity index is 1.75. The quantitative estimate of drug-likeness (QED) is 0.178. The Morgan fingerprint density at radius 3 is 2.36 bits per heavy atom. The first kappa shape index (κ1) is 34.5. The number of carbonyl (C=O) groups excluding carboxylic acids is 3. The molecule has 5 N–H and O–H groups in total. The maximum Gasteiger partial charge on any atom is 0.390 e. The van der Waals surface area contributed by atoms with Gasteiger partial charge in [-0.25, -0.2) is 18.4 Å². The van der Waals surface area contributed by atoms with Crippen LogP contribution in [0, 0.1) is 11.6 Å². The van der Waals surface area contributed by atoms with Crippen LogP contribution in [0.25, 0.3) is 0 Å². The molecule has 0 spiro atoms. The Kier molecular flexibility index (Phi) is 12.2. The molecule has 1 fully saturated rings. The SMILES string of the molecule is CCOC(=O)c1ccc(NC(=O)c2ccc(CNC(=O)NC[C@H](O)CO)c(F)c2F)c(N2CCN(CCC(F)(F)F)CC2)c1. The number of carbonyl (C=O) groups is 3. The smallest absolute Gasteiger partial charge is 0.390 e. The average Bonchev–Trinajstić information content (AvgIpc) is 2.99. The van der Waals surface area contributed by atoms with Gasteiger partial charge in [0, 0.05) is 51.4 Å². The first-order valence-electron chi connectivity index (χ1n) is 13.8. The summed E-state index contributed by atoms with van der Waals surface area (Å²) in [5.74, 6) is -4.49. The zero-order valence-electron chi connectivity index (χ0n) is 23.8. The normalized spacial score (nSPS) is 14.6. The molecule has 0 saturated carbocycles. The molecule has 3 rings (SSSR count). The molecule has 3 amide bonds. The minimum Gasteiger partial charge on any atom is -0.462 e. The fourth-order valence-corrected chi connectivity index (χ4v) is 4.34. The van der Waals surface area contributed by atoms with Crippen LogP contribution in [-0.4, -0.2) is 97.8 Å². The number of hydrogen-bond donors (Lipinski definition) is 5. The van der Waals surface area contributed by atoms with Gasteiger partial charge in [0.25, 0.3) is 5.91 Å². The van der Waals surface area contributed by atoms with Crippen molar-refractivity contribution in [3.8, 4) is 0 Å². The van der Waals surface area contributed by atoms with Crippen molar-refractivity contribution in [1.29, 1.82) is 0 Å². The van der Waals surface area contributed by atoms with Crippen LogP contribution < -0.4 is 20.9 Å². The van der Waals surface area contributed by atoms with Crippen LogP contribution in [0.5, 0.6) is 0 Å². The van der Waals surface area contributed by atoms with Gasteiger partial charge in [-0.2, -0.15) is 13.2 Å². The van der Waals surface area contributed by atoms with Gasteiger partial charge in [-0.05, 0) is 31.2 Å². The maximum absolute atomic E-state index is 15.0. The molecule has 1 saturated heterocycles. The molecule has 44 heavy (non-hydrogen) atoms. The molecule has 2 aromatic carbocycles. The van der Waals surface area contributed by atoms with Gasteiger partial charge in [-0.3, -0.25) is 9.69 Å². The number of ether oxygens (including phenoxy) is 1. The van der Waals surface area contributed by atoms with E-state index >= 15 is 0 Å². The lowest BCUT2D eigenvalue weighted by Crippen LogP contribution is -2.47. The van der Waals surface area contributed by atoms with E-state index in [0.717, 1.165) is 12.1 Å². The molecule has 0 bridgehead atoms. The standard InChI is InChI=1S/C28H34F5N5O6/c1-2-44-26(42)17-4-6-21(22(13-17)38-11-9-37(10-12-38)8-7-28(31,32)33)36-25(41)20-5-3-18(23(29)24(20)30)14-34-27(43)35-15-19(40)16-39/h3-6,13,19,39-40H,2,7-12,14-16H2,1H3,(H,36,41)(H2,34,35,43)/t19-/m0/s1. The number of urea groups is 1. The summed E-state index contributed by atoms with van der Waals surface area (Å²) in [7, 11) is 0. The summed E-state index contributed by atoms with van der Waals surface area (Å²) < 4.78 is 72.8. The van der Waals surface area contributed by atoms with E-state index in [1.807, 2.05) is 0 Å². The molecular weight excluding hydrogens is 597 g/mol. The van der Waals surface area contributed by atoms with E-state index in [1.165, 1.54) is 18.2 Å². The molecule has 1 heterocycles. The van der Waals surface area contributed by atoms with Crippen LogP contribution in [0.4, 0.5) is 38.1 Å². The number of nitrogens with zero attached hydrogens (tertiary/aromatic N) is 2. The number of anilines is 2. The number of aliphatic hydroxyl groups excluding tert-OH is 2. The van der Waals surface area contributed by atoms with E-state index in [0.29, 0.717) is 5.69 Å². The van der Waals surface area contributed by atoms with Crippen molar-refractivity contribution >= 4 is 29.3 Å². The number of halogens is 5. The highest BCUT2D eigenvalue weighted by Gasteiger charge is 2.29. The van der Waals surface area contributed by atoms with Crippen molar-refractivity contribution < 1.29 is 51.3 Å². The van der Waals surface area contributed by atoms with Crippen LogP contribution in [0.2, 0.25) is 0 Å².